The van der Waals surface area contributed by atoms with E-state index in [-0.39, 0.29) is 0 Å². The standard InChI is InChI=1S/C13H21ClN2S2/c1-13(2)4-6-16(7-8-18-13)5-3-12-15-11(9-14)10-17-12/h10H,3-9H2,1-2H3. The van der Waals surface area contributed by atoms with Crippen molar-refractivity contribution >= 4 is 34.7 Å². The highest BCUT2D eigenvalue weighted by atomic mass is 35.5. The zero-order chi connectivity index (χ0) is 13.0. The molecule has 0 aliphatic carbocycles. The van der Waals surface area contributed by atoms with Crippen LogP contribution in [0.4, 0.5) is 0 Å². The molecule has 1 fully saturated rings. The van der Waals surface area contributed by atoms with Crippen LogP contribution in [0.2, 0.25) is 0 Å². The first-order valence-corrected chi connectivity index (χ1v) is 8.84. The average Bonchev–Trinajstić information content (AvgIpc) is 2.72. The van der Waals surface area contributed by atoms with Crippen LogP contribution >= 0.6 is 34.7 Å². The van der Waals surface area contributed by atoms with Gasteiger partial charge in [-0.25, -0.2) is 4.98 Å². The monoisotopic (exact) mass is 304 g/mol. The number of thiazole rings is 1. The highest BCUT2D eigenvalue weighted by Crippen LogP contribution is 2.30. The summed E-state index contributed by atoms with van der Waals surface area (Å²) in [5.74, 6) is 1.78. The van der Waals surface area contributed by atoms with E-state index in [9.17, 15) is 0 Å². The van der Waals surface area contributed by atoms with Crippen molar-refractivity contribution in [3.63, 3.8) is 0 Å². The van der Waals surface area contributed by atoms with Gasteiger partial charge in [0.25, 0.3) is 0 Å². The molecule has 0 unspecified atom stereocenters. The van der Waals surface area contributed by atoms with Gasteiger partial charge in [-0.15, -0.1) is 22.9 Å². The van der Waals surface area contributed by atoms with Crippen LogP contribution in [-0.2, 0) is 12.3 Å². The number of alkyl halides is 1. The Hall–Kier alpha value is 0.230. The molecule has 2 rings (SSSR count). The van der Waals surface area contributed by atoms with Crippen LogP contribution in [0.25, 0.3) is 0 Å². The number of nitrogens with zero attached hydrogens (tertiary/aromatic N) is 2. The highest BCUT2D eigenvalue weighted by Gasteiger charge is 2.23. The molecule has 0 bridgehead atoms. The van der Waals surface area contributed by atoms with Gasteiger partial charge in [-0.2, -0.15) is 11.8 Å². The Balaban J connectivity index is 1.79. The molecular weight excluding hydrogens is 284 g/mol. The van der Waals surface area contributed by atoms with Crippen LogP contribution in [0.3, 0.4) is 0 Å². The van der Waals surface area contributed by atoms with Gasteiger partial charge in [0.05, 0.1) is 16.6 Å². The first-order valence-electron chi connectivity index (χ1n) is 6.45. The maximum absolute atomic E-state index is 5.77. The van der Waals surface area contributed by atoms with Gasteiger partial charge in [-0.1, -0.05) is 13.8 Å². The fraction of sp³-hybridized carbons (Fsp3) is 0.769. The van der Waals surface area contributed by atoms with E-state index < -0.39 is 0 Å². The maximum atomic E-state index is 5.77. The second-order valence-corrected chi connectivity index (χ2v) is 8.33. The van der Waals surface area contributed by atoms with Gasteiger partial charge < -0.3 is 4.90 Å². The van der Waals surface area contributed by atoms with Crippen LogP contribution in [0.15, 0.2) is 5.38 Å². The molecule has 2 heterocycles. The summed E-state index contributed by atoms with van der Waals surface area (Å²) in [4.78, 5) is 7.09. The number of hydrogen-bond acceptors (Lipinski definition) is 4. The van der Waals surface area contributed by atoms with Gasteiger partial charge >= 0.3 is 0 Å². The zero-order valence-corrected chi connectivity index (χ0v) is 13.5. The molecule has 1 aliphatic heterocycles. The van der Waals surface area contributed by atoms with Gasteiger partial charge in [0.2, 0.25) is 0 Å². The summed E-state index contributed by atoms with van der Waals surface area (Å²) in [6.45, 7) is 8.27. The first-order chi connectivity index (χ1) is 8.59. The molecular formula is C13H21ClN2S2. The summed E-state index contributed by atoms with van der Waals surface area (Å²) >= 11 is 9.62. The van der Waals surface area contributed by atoms with Crippen molar-refractivity contribution in [2.45, 2.75) is 37.3 Å². The van der Waals surface area contributed by atoms with Gasteiger partial charge in [0, 0.05) is 35.4 Å². The maximum Gasteiger partial charge on any atom is 0.0941 e. The molecule has 0 atom stereocenters. The van der Waals surface area contributed by atoms with Crippen molar-refractivity contribution in [2.75, 3.05) is 25.4 Å². The Morgan fingerprint density at radius 1 is 1.44 bits per heavy atom. The van der Waals surface area contributed by atoms with E-state index in [0.29, 0.717) is 10.6 Å². The number of halogens is 1. The van der Waals surface area contributed by atoms with Gasteiger partial charge in [0.15, 0.2) is 0 Å². The lowest BCUT2D eigenvalue weighted by atomic mass is 10.1. The molecule has 18 heavy (non-hydrogen) atoms. The Kier molecular flexibility index (Phi) is 5.36. The molecule has 5 heteroatoms. The van der Waals surface area contributed by atoms with Crippen molar-refractivity contribution < 1.29 is 0 Å². The van der Waals surface area contributed by atoms with Crippen molar-refractivity contribution in [1.29, 1.82) is 0 Å². The lowest BCUT2D eigenvalue weighted by Crippen LogP contribution is -2.29. The van der Waals surface area contributed by atoms with E-state index in [4.69, 9.17) is 11.6 Å². The quantitative estimate of drug-likeness (QED) is 0.790. The van der Waals surface area contributed by atoms with E-state index in [1.807, 2.05) is 0 Å². The summed E-state index contributed by atoms with van der Waals surface area (Å²) < 4.78 is 0.446. The Morgan fingerprint density at radius 2 is 2.28 bits per heavy atom. The molecule has 1 saturated heterocycles. The fourth-order valence-corrected chi connectivity index (χ4v) is 4.22. The molecule has 1 aromatic heterocycles. The zero-order valence-electron chi connectivity index (χ0n) is 11.1. The Bertz CT molecular complexity index is 379. The van der Waals surface area contributed by atoms with E-state index >= 15 is 0 Å². The molecule has 0 spiro atoms. The normalized spacial score (nSPS) is 20.8. The lowest BCUT2D eigenvalue weighted by molar-refractivity contribution is 0.287. The van der Waals surface area contributed by atoms with Crippen molar-refractivity contribution in [1.82, 2.24) is 9.88 Å². The smallest absolute Gasteiger partial charge is 0.0941 e. The molecule has 0 N–H and O–H groups in total. The van der Waals surface area contributed by atoms with Crippen LogP contribution < -0.4 is 0 Å². The summed E-state index contributed by atoms with van der Waals surface area (Å²) in [6, 6.07) is 0. The minimum absolute atomic E-state index is 0.446. The van der Waals surface area contributed by atoms with Gasteiger partial charge in [-0.05, 0) is 13.0 Å². The highest BCUT2D eigenvalue weighted by molar-refractivity contribution is 8.00. The number of thioether (sulfide) groups is 1. The number of rotatable bonds is 4. The molecule has 1 aliphatic rings. The van der Waals surface area contributed by atoms with Crippen molar-refractivity contribution in [2.24, 2.45) is 0 Å². The van der Waals surface area contributed by atoms with E-state index in [1.54, 1.807) is 11.3 Å². The van der Waals surface area contributed by atoms with Gasteiger partial charge in [-0.3, -0.25) is 0 Å². The topological polar surface area (TPSA) is 16.1 Å². The van der Waals surface area contributed by atoms with Crippen LogP contribution in [0.5, 0.6) is 0 Å². The average molecular weight is 305 g/mol. The molecule has 0 saturated carbocycles. The largest absolute Gasteiger partial charge is 0.302 e. The fourth-order valence-electron chi connectivity index (χ4n) is 2.06. The van der Waals surface area contributed by atoms with E-state index in [1.165, 1.54) is 30.3 Å². The predicted molar refractivity (Wildman–Crippen MR) is 83.0 cm³/mol. The Morgan fingerprint density at radius 3 is 3.00 bits per heavy atom. The molecule has 0 amide bonds. The second-order valence-electron chi connectivity index (χ2n) is 5.32. The third-order valence-corrected chi connectivity index (χ3v) is 5.91. The van der Waals surface area contributed by atoms with Crippen LogP contribution in [0, 0.1) is 0 Å². The third kappa shape index (κ3) is 4.41. The molecule has 1 aromatic rings. The Labute approximate surface area is 123 Å². The van der Waals surface area contributed by atoms with Crippen LogP contribution in [-0.4, -0.2) is 40.0 Å². The first kappa shape index (κ1) is 14.6. The SMILES string of the molecule is CC1(C)CCN(CCc2nc(CCl)cs2)CCS1. The summed E-state index contributed by atoms with van der Waals surface area (Å²) in [6.07, 6.45) is 2.34. The van der Waals surface area contributed by atoms with Crippen LogP contribution in [0.1, 0.15) is 31.0 Å². The predicted octanol–water partition coefficient (Wildman–Crippen LogP) is 3.64. The third-order valence-electron chi connectivity index (χ3n) is 3.31. The number of aromatic nitrogens is 1. The second kappa shape index (κ2) is 6.60. The molecule has 102 valence electrons. The summed E-state index contributed by atoms with van der Waals surface area (Å²) in [5, 5.41) is 3.30. The molecule has 2 nitrogen and oxygen atoms in total. The number of hydrogen-bond donors (Lipinski definition) is 0. The van der Waals surface area contributed by atoms with E-state index in [0.717, 1.165) is 18.7 Å². The van der Waals surface area contributed by atoms with E-state index in [2.05, 4.69) is 40.9 Å². The summed E-state index contributed by atoms with van der Waals surface area (Å²) in [5.41, 5.74) is 1.02. The molecule has 0 radical (unpaired) electrons. The lowest BCUT2D eigenvalue weighted by Gasteiger charge is -2.22. The van der Waals surface area contributed by atoms with Crippen molar-refractivity contribution in [3.05, 3.63) is 16.1 Å². The minimum atomic E-state index is 0.446. The van der Waals surface area contributed by atoms with Crippen molar-refractivity contribution in [3.8, 4) is 0 Å². The molecule has 0 aromatic carbocycles. The minimum Gasteiger partial charge on any atom is -0.302 e. The van der Waals surface area contributed by atoms with Gasteiger partial charge in [0.1, 0.15) is 0 Å². The summed E-state index contributed by atoms with van der Waals surface area (Å²) in [7, 11) is 0.